The quantitative estimate of drug-likeness (QED) is 0.823. The first-order chi connectivity index (χ1) is 9.15. The van der Waals surface area contributed by atoms with E-state index < -0.39 is 5.60 Å². The zero-order chi connectivity index (χ0) is 13.5. The molecule has 0 aromatic carbocycles. The van der Waals surface area contributed by atoms with Crippen LogP contribution in [0.15, 0.2) is 0 Å². The lowest BCUT2D eigenvalue weighted by Crippen LogP contribution is -2.59. The Morgan fingerprint density at radius 3 is 2.74 bits per heavy atom. The first-order valence-electron chi connectivity index (χ1n) is 8.32. The maximum absolute atomic E-state index is 11.5. The average Bonchev–Trinajstić information content (AvgIpc) is 3.03. The monoisotopic (exact) mass is 266 g/mol. The highest BCUT2D eigenvalue weighted by molar-refractivity contribution is 5.13. The van der Waals surface area contributed by atoms with Crippen molar-refractivity contribution in [1.82, 2.24) is 4.90 Å². The molecule has 2 saturated heterocycles. The van der Waals surface area contributed by atoms with Crippen LogP contribution in [0, 0.1) is 11.3 Å². The third kappa shape index (κ3) is 1.97. The van der Waals surface area contributed by atoms with Gasteiger partial charge in [0.1, 0.15) is 0 Å². The van der Waals surface area contributed by atoms with E-state index in [0.29, 0.717) is 12.6 Å². The minimum atomic E-state index is -0.508. The third-order valence-corrected chi connectivity index (χ3v) is 6.54. The Balaban J connectivity index is 1.86. The topological polar surface area (TPSA) is 49.5 Å². The molecule has 0 bridgehead atoms. The van der Waals surface area contributed by atoms with E-state index in [2.05, 4.69) is 11.8 Å². The van der Waals surface area contributed by atoms with Gasteiger partial charge in [0.15, 0.2) is 0 Å². The van der Waals surface area contributed by atoms with Gasteiger partial charge in [0, 0.05) is 24.5 Å². The van der Waals surface area contributed by atoms with Crippen molar-refractivity contribution in [3.63, 3.8) is 0 Å². The summed E-state index contributed by atoms with van der Waals surface area (Å²) in [6.07, 6.45) is 9.51. The maximum Gasteiger partial charge on any atom is 0.0882 e. The largest absolute Gasteiger partial charge is 0.388 e. The van der Waals surface area contributed by atoms with Crippen LogP contribution in [0.1, 0.15) is 58.3 Å². The number of fused-ring (bicyclic) bond motifs is 1. The van der Waals surface area contributed by atoms with Gasteiger partial charge in [-0.3, -0.25) is 4.90 Å². The zero-order valence-corrected chi connectivity index (χ0v) is 12.4. The number of piperidine rings is 1. The third-order valence-electron chi connectivity index (χ3n) is 6.54. The molecule has 4 unspecified atom stereocenters. The Morgan fingerprint density at radius 2 is 2.05 bits per heavy atom. The molecular weight excluding hydrogens is 236 g/mol. The van der Waals surface area contributed by atoms with Crippen LogP contribution in [-0.4, -0.2) is 41.3 Å². The van der Waals surface area contributed by atoms with Gasteiger partial charge in [-0.25, -0.2) is 0 Å². The van der Waals surface area contributed by atoms with Crippen LogP contribution < -0.4 is 5.73 Å². The molecule has 2 heterocycles. The predicted octanol–water partition coefficient (Wildman–Crippen LogP) is 2.13. The van der Waals surface area contributed by atoms with Crippen molar-refractivity contribution in [2.24, 2.45) is 17.1 Å². The van der Waals surface area contributed by atoms with E-state index in [4.69, 9.17) is 5.73 Å². The van der Waals surface area contributed by atoms with Crippen molar-refractivity contribution in [3.05, 3.63) is 0 Å². The fourth-order valence-electron chi connectivity index (χ4n) is 5.24. The summed E-state index contributed by atoms with van der Waals surface area (Å²) in [6, 6.07) is 0.389. The lowest BCUT2D eigenvalue weighted by Gasteiger charge is -2.48. The van der Waals surface area contributed by atoms with Gasteiger partial charge in [-0.2, -0.15) is 0 Å². The van der Waals surface area contributed by atoms with Crippen LogP contribution in [0.25, 0.3) is 0 Å². The number of rotatable bonds is 3. The number of aliphatic hydroxyl groups is 1. The SMILES string of the molecule is CCC1CCC(CN)(C2(O)CCN3CCCCC32)C1. The molecular formula is C16H30N2O. The highest BCUT2D eigenvalue weighted by Gasteiger charge is 2.60. The number of nitrogens with zero attached hydrogens (tertiary/aromatic N) is 1. The van der Waals surface area contributed by atoms with Crippen LogP contribution in [0.3, 0.4) is 0 Å². The standard InChI is InChI=1S/C16H30N2O/c1-2-13-6-7-15(11-13,12-17)16(19)8-10-18-9-4-3-5-14(16)18/h13-14,19H,2-12,17H2,1H3. The van der Waals surface area contributed by atoms with Crippen LogP contribution >= 0.6 is 0 Å². The minimum absolute atomic E-state index is 0.00440. The molecule has 0 aromatic rings. The second-order valence-corrected chi connectivity index (χ2v) is 7.22. The Labute approximate surface area is 117 Å². The second-order valence-electron chi connectivity index (χ2n) is 7.22. The highest BCUT2D eigenvalue weighted by Crippen LogP contribution is 2.55. The Bertz CT molecular complexity index is 335. The molecule has 19 heavy (non-hydrogen) atoms. The number of hydrogen-bond acceptors (Lipinski definition) is 3. The fourth-order valence-corrected chi connectivity index (χ4v) is 5.24. The van der Waals surface area contributed by atoms with Gasteiger partial charge >= 0.3 is 0 Å². The van der Waals surface area contributed by atoms with Crippen molar-refractivity contribution in [1.29, 1.82) is 0 Å². The average molecular weight is 266 g/mol. The van der Waals surface area contributed by atoms with E-state index in [0.717, 1.165) is 31.7 Å². The number of hydrogen-bond donors (Lipinski definition) is 2. The van der Waals surface area contributed by atoms with E-state index in [9.17, 15) is 5.11 Å². The summed E-state index contributed by atoms with van der Waals surface area (Å²) in [5, 5.41) is 11.5. The summed E-state index contributed by atoms with van der Waals surface area (Å²) >= 11 is 0. The Hall–Kier alpha value is -0.120. The van der Waals surface area contributed by atoms with E-state index in [1.165, 1.54) is 38.6 Å². The van der Waals surface area contributed by atoms with Crippen molar-refractivity contribution in [3.8, 4) is 0 Å². The highest BCUT2D eigenvalue weighted by atomic mass is 16.3. The van der Waals surface area contributed by atoms with Crippen molar-refractivity contribution in [2.45, 2.75) is 69.9 Å². The summed E-state index contributed by atoms with van der Waals surface area (Å²) in [7, 11) is 0. The van der Waals surface area contributed by atoms with Gasteiger partial charge in [0.2, 0.25) is 0 Å². The summed E-state index contributed by atoms with van der Waals surface area (Å²) in [5.74, 6) is 0.783. The lowest BCUT2D eigenvalue weighted by atomic mass is 9.65. The van der Waals surface area contributed by atoms with E-state index in [1.54, 1.807) is 0 Å². The predicted molar refractivity (Wildman–Crippen MR) is 77.9 cm³/mol. The minimum Gasteiger partial charge on any atom is -0.388 e. The van der Waals surface area contributed by atoms with Gasteiger partial charge in [0.25, 0.3) is 0 Å². The Kier molecular flexibility index (Phi) is 3.65. The molecule has 2 aliphatic heterocycles. The summed E-state index contributed by atoms with van der Waals surface area (Å²) < 4.78 is 0. The van der Waals surface area contributed by atoms with Gasteiger partial charge < -0.3 is 10.8 Å². The molecule has 110 valence electrons. The number of nitrogens with two attached hydrogens (primary N) is 1. The van der Waals surface area contributed by atoms with Crippen LogP contribution in [0.5, 0.6) is 0 Å². The van der Waals surface area contributed by atoms with Crippen molar-refractivity contribution < 1.29 is 5.11 Å². The molecule has 1 aliphatic carbocycles. The van der Waals surface area contributed by atoms with Crippen LogP contribution in [0.4, 0.5) is 0 Å². The second kappa shape index (κ2) is 5.01. The van der Waals surface area contributed by atoms with Gasteiger partial charge in [0.05, 0.1) is 5.60 Å². The summed E-state index contributed by atoms with van der Waals surface area (Å²) in [5.41, 5.74) is 5.69. The van der Waals surface area contributed by atoms with Gasteiger partial charge in [-0.05, 0) is 51.0 Å². The van der Waals surface area contributed by atoms with E-state index in [1.807, 2.05) is 0 Å². The van der Waals surface area contributed by atoms with Gasteiger partial charge in [-0.1, -0.05) is 19.8 Å². The maximum atomic E-state index is 11.5. The van der Waals surface area contributed by atoms with E-state index >= 15 is 0 Å². The van der Waals surface area contributed by atoms with Gasteiger partial charge in [-0.15, -0.1) is 0 Å². The molecule has 0 amide bonds. The molecule has 3 aliphatic rings. The van der Waals surface area contributed by atoms with Crippen LogP contribution in [0.2, 0.25) is 0 Å². The molecule has 3 nitrogen and oxygen atoms in total. The van der Waals surface area contributed by atoms with Crippen molar-refractivity contribution in [2.75, 3.05) is 19.6 Å². The molecule has 3 fully saturated rings. The summed E-state index contributed by atoms with van der Waals surface area (Å²) in [6.45, 7) is 5.22. The zero-order valence-electron chi connectivity index (χ0n) is 12.4. The molecule has 0 aromatic heterocycles. The van der Waals surface area contributed by atoms with E-state index in [-0.39, 0.29) is 5.41 Å². The molecule has 3 N–H and O–H groups in total. The van der Waals surface area contributed by atoms with Crippen LogP contribution in [-0.2, 0) is 0 Å². The first-order valence-corrected chi connectivity index (χ1v) is 8.32. The molecule has 0 spiro atoms. The lowest BCUT2D eigenvalue weighted by molar-refractivity contribution is -0.108. The first kappa shape index (κ1) is 13.8. The van der Waals surface area contributed by atoms with Crippen molar-refractivity contribution >= 4 is 0 Å². The fraction of sp³-hybridized carbons (Fsp3) is 1.00. The molecule has 1 saturated carbocycles. The summed E-state index contributed by atoms with van der Waals surface area (Å²) in [4.78, 5) is 2.54. The molecule has 0 radical (unpaired) electrons. The molecule has 3 rings (SSSR count). The molecule has 4 atom stereocenters. The normalized spacial score (nSPS) is 47.5. The smallest absolute Gasteiger partial charge is 0.0882 e. The molecule has 3 heteroatoms. The Morgan fingerprint density at radius 1 is 1.21 bits per heavy atom.